The van der Waals surface area contributed by atoms with Gasteiger partial charge in [0.25, 0.3) is 0 Å². The molecular formula is C18H24N2O2S. The molecule has 0 amide bonds. The van der Waals surface area contributed by atoms with Gasteiger partial charge in [0, 0.05) is 32.1 Å². The van der Waals surface area contributed by atoms with E-state index in [4.69, 9.17) is 14.5 Å². The van der Waals surface area contributed by atoms with E-state index in [1.807, 2.05) is 13.8 Å². The molecule has 124 valence electrons. The van der Waals surface area contributed by atoms with Gasteiger partial charge in [0.2, 0.25) is 0 Å². The molecule has 3 rings (SSSR count). The van der Waals surface area contributed by atoms with Gasteiger partial charge in [-0.25, -0.2) is 4.98 Å². The number of methoxy groups -OCH3 is 1. The largest absolute Gasteiger partial charge is 0.372 e. The van der Waals surface area contributed by atoms with Crippen LogP contribution in [0.5, 0.6) is 0 Å². The monoisotopic (exact) mass is 332 g/mol. The van der Waals surface area contributed by atoms with Crippen LogP contribution < -0.4 is 0 Å². The van der Waals surface area contributed by atoms with Crippen LogP contribution in [0, 0.1) is 0 Å². The maximum atomic E-state index is 5.96. The number of thiazole rings is 1. The number of hydrogen-bond acceptors (Lipinski definition) is 5. The highest BCUT2D eigenvalue weighted by Crippen LogP contribution is 2.31. The zero-order valence-corrected chi connectivity index (χ0v) is 14.8. The molecule has 4 nitrogen and oxygen atoms in total. The fraction of sp³-hybridized carbons (Fsp3) is 0.500. The summed E-state index contributed by atoms with van der Waals surface area (Å²) < 4.78 is 11.5. The van der Waals surface area contributed by atoms with Crippen molar-refractivity contribution in [2.75, 3.05) is 26.8 Å². The van der Waals surface area contributed by atoms with E-state index in [0.29, 0.717) is 0 Å². The van der Waals surface area contributed by atoms with Gasteiger partial charge in [0.05, 0.1) is 12.3 Å². The zero-order chi connectivity index (χ0) is 16.3. The molecule has 2 heterocycles. The number of rotatable bonds is 5. The molecule has 1 aromatic heterocycles. The van der Waals surface area contributed by atoms with Crippen molar-refractivity contribution in [2.45, 2.75) is 32.1 Å². The average Bonchev–Trinajstić information content (AvgIpc) is 3.07. The quantitative estimate of drug-likeness (QED) is 0.838. The lowest BCUT2D eigenvalue weighted by Crippen LogP contribution is -2.37. The number of benzene rings is 1. The van der Waals surface area contributed by atoms with E-state index in [1.54, 1.807) is 18.4 Å². The van der Waals surface area contributed by atoms with Crippen LogP contribution in [0.4, 0.5) is 0 Å². The third-order valence-electron chi connectivity index (χ3n) is 4.32. The lowest BCUT2D eigenvalue weighted by Gasteiger charge is -2.32. The van der Waals surface area contributed by atoms with Crippen LogP contribution in [0.25, 0.3) is 0 Å². The van der Waals surface area contributed by atoms with Crippen molar-refractivity contribution < 1.29 is 9.47 Å². The Labute approximate surface area is 142 Å². The first-order valence-corrected chi connectivity index (χ1v) is 8.85. The minimum atomic E-state index is -0.354. The highest BCUT2D eigenvalue weighted by Gasteiger charge is 2.28. The molecule has 0 aliphatic carbocycles. The molecule has 0 unspecified atom stereocenters. The first kappa shape index (κ1) is 16.6. The Morgan fingerprint density at radius 3 is 2.87 bits per heavy atom. The second-order valence-electron chi connectivity index (χ2n) is 6.37. The van der Waals surface area contributed by atoms with E-state index in [0.717, 1.165) is 36.9 Å². The van der Waals surface area contributed by atoms with Crippen molar-refractivity contribution in [1.29, 1.82) is 0 Å². The predicted octanol–water partition coefficient (Wildman–Crippen LogP) is 3.60. The number of morpholine rings is 1. The predicted molar refractivity (Wildman–Crippen MR) is 92.6 cm³/mol. The molecule has 1 aliphatic heterocycles. The van der Waals surface area contributed by atoms with Gasteiger partial charge < -0.3 is 9.47 Å². The average molecular weight is 332 g/mol. The zero-order valence-electron chi connectivity index (χ0n) is 14.0. The first-order valence-electron chi connectivity index (χ1n) is 7.97. The van der Waals surface area contributed by atoms with Crippen molar-refractivity contribution in [3.05, 3.63) is 52.0 Å². The van der Waals surface area contributed by atoms with Crippen molar-refractivity contribution in [2.24, 2.45) is 0 Å². The molecule has 1 saturated heterocycles. The second-order valence-corrected chi connectivity index (χ2v) is 7.26. The molecular weight excluding hydrogens is 308 g/mol. The fourth-order valence-electron chi connectivity index (χ4n) is 2.65. The Kier molecular flexibility index (Phi) is 5.11. The summed E-state index contributed by atoms with van der Waals surface area (Å²) in [5.74, 6) is 0. The van der Waals surface area contributed by atoms with E-state index in [1.165, 1.54) is 5.56 Å². The Morgan fingerprint density at radius 1 is 1.35 bits per heavy atom. The van der Waals surface area contributed by atoms with Crippen LogP contribution in [-0.2, 0) is 21.6 Å². The van der Waals surface area contributed by atoms with Crippen LogP contribution >= 0.6 is 11.3 Å². The molecule has 2 aromatic rings. The van der Waals surface area contributed by atoms with Crippen molar-refractivity contribution in [3.63, 3.8) is 0 Å². The summed E-state index contributed by atoms with van der Waals surface area (Å²) in [6, 6.07) is 10.6. The van der Waals surface area contributed by atoms with Gasteiger partial charge in [-0.1, -0.05) is 30.3 Å². The third-order valence-corrected chi connectivity index (χ3v) is 5.26. The van der Waals surface area contributed by atoms with Crippen LogP contribution in [0.2, 0.25) is 0 Å². The molecule has 1 aliphatic rings. The number of aromatic nitrogens is 1. The Bertz CT molecular complexity index is 627. The summed E-state index contributed by atoms with van der Waals surface area (Å²) in [7, 11) is 1.72. The molecule has 1 atom stereocenters. The molecule has 1 aromatic carbocycles. The maximum absolute atomic E-state index is 5.96. The molecule has 1 fully saturated rings. The van der Waals surface area contributed by atoms with Gasteiger partial charge in [-0.15, -0.1) is 11.3 Å². The summed E-state index contributed by atoms with van der Waals surface area (Å²) in [5.41, 5.74) is 1.96. The highest BCUT2D eigenvalue weighted by molar-refractivity contribution is 7.09. The van der Waals surface area contributed by atoms with Crippen LogP contribution in [0.3, 0.4) is 0 Å². The Hall–Kier alpha value is -1.27. The van der Waals surface area contributed by atoms with Gasteiger partial charge in [0.1, 0.15) is 16.7 Å². The van der Waals surface area contributed by atoms with Crippen molar-refractivity contribution in [1.82, 2.24) is 9.88 Å². The topological polar surface area (TPSA) is 34.6 Å². The van der Waals surface area contributed by atoms with Gasteiger partial charge in [0.15, 0.2) is 0 Å². The Morgan fingerprint density at radius 2 is 2.13 bits per heavy atom. The summed E-state index contributed by atoms with van der Waals surface area (Å²) in [6.07, 6.45) is 0.0545. The normalized spacial score (nSPS) is 19.9. The van der Waals surface area contributed by atoms with Crippen molar-refractivity contribution >= 4 is 11.3 Å². The van der Waals surface area contributed by atoms with Crippen LogP contribution in [0.1, 0.15) is 36.2 Å². The van der Waals surface area contributed by atoms with E-state index in [2.05, 4.69) is 40.6 Å². The lowest BCUT2D eigenvalue weighted by atomic mass is 10.1. The van der Waals surface area contributed by atoms with Crippen LogP contribution in [-0.4, -0.2) is 36.7 Å². The van der Waals surface area contributed by atoms with Crippen LogP contribution in [0.15, 0.2) is 35.7 Å². The molecule has 0 bridgehead atoms. The minimum absolute atomic E-state index is 0.0545. The molecule has 0 N–H and O–H groups in total. The molecule has 0 saturated carbocycles. The number of nitrogens with zero attached hydrogens (tertiary/aromatic N) is 2. The van der Waals surface area contributed by atoms with Gasteiger partial charge in [-0.2, -0.15) is 0 Å². The van der Waals surface area contributed by atoms with Gasteiger partial charge in [-0.05, 0) is 19.4 Å². The third kappa shape index (κ3) is 3.98. The Balaban J connectivity index is 1.67. The lowest BCUT2D eigenvalue weighted by molar-refractivity contribution is -0.0337. The number of ether oxygens (including phenoxy) is 2. The first-order chi connectivity index (χ1) is 11.1. The standard InChI is InChI=1S/C18H24N2O2S/c1-18(2,21-3)16-13-23-17(19-16)15-12-20(9-10-22-15)11-14-7-5-4-6-8-14/h4-8,13,15H,9-12H2,1-3H3/t15-/m0/s1. The maximum Gasteiger partial charge on any atom is 0.123 e. The molecule has 0 spiro atoms. The smallest absolute Gasteiger partial charge is 0.123 e. The fourth-order valence-corrected chi connectivity index (χ4v) is 3.67. The summed E-state index contributed by atoms with van der Waals surface area (Å²) in [5, 5.41) is 3.13. The highest BCUT2D eigenvalue weighted by atomic mass is 32.1. The molecule has 0 radical (unpaired) electrons. The summed E-state index contributed by atoms with van der Waals surface area (Å²) in [4.78, 5) is 7.20. The van der Waals surface area contributed by atoms with E-state index >= 15 is 0 Å². The number of hydrogen-bond donors (Lipinski definition) is 0. The van der Waals surface area contributed by atoms with Gasteiger partial charge >= 0.3 is 0 Å². The SMILES string of the molecule is COC(C)(C)c1csc([C@@H]2CN(Cc3ccccc3)CCO2)n1. The summed E-state index contributed by atoms with van der Waals surface area (Å²) in [6.45, 7) is 7.63. The van der Waals surface area contributed by atoms with E-state index in [9.17, 15) is 0 Å². The summed E-state index contributed by atoms with van der Waals surface area (Å²) >= 11 is 1.66. The van der Waals surface area contributed by atoms with E-state index < -0.39 is 0 Å². The second kappa shape index (κ2) is 7.09. The minimum Gasteiger partial charge on any atom is -0.372 e. The van der Waals surface area contributed by atoms with Crippen molar-refractivity contribution in [3.8, 4) is 0 Å². The van der Waals surface area contributed by atoms with E-state index in [-0.39, 0.29) is 11.7 Å². The molecule has 23 heavy (non-hydrogen) atoms. The molecule has 5 heteroatoms. The van der Waals surface area contributed by atoms with Gasteiger partial charge in [-0.3, -0.25) is 4.90 Å².